The van der Waals surface area contributed by atoms with E-state index in [1.807, 2.05) is 7.05 Å². The molecule has 0 aromatic carbocycles. The van der Waals surface area contributed by atoms with E-state index in [2.05, 4.69) is 46.1 Å². The second-order valence-corrected chi connectivity index (χ2v) is 5.98. The van der Waals surface area contributed by atoms with Crippen LogP contribution in [0.3, 0.4) is 0 Å². The van der Waals surface area contributed by atoms with Gasteiger partial charge in [-0.15, -0.1) is 0 Å². The lowest BCUT2D eigenvalue weighted by atomic mass is 10.1. The summed E-state index contributed by atoms with van der Waals surface area (Å²) in [6, 6.07) is 0.296. The Morgan fingerprint density at radius 2 is 2.19 bits per heavy atom. The first kappa shape index (κ1) is 16.0. The first-order valence-corrected chi connectivity index (χ1v) is 7.67. The van der Waals surface area contributed by atoms with Crippen LogP contribution in [0.4, 0.5) is 11.6 Å². The summed E-state index contributed by atoms with van der Waals surface area (Å²) in [6.45, 7) is 3.73. The van der Waals surface area contributed by atoms with Crippen LogP contribution in [-0.2, 0) is 6.42 Å². The fraction of sp³-hybridized carbons (Fsp3) is 0.733. The first-order chi connectivity index (χ1) is 10.1. The van der Waals surface area contributed by atoms with Crippen molar-refractivity contribution in [3.8, 4) is 0 Å². The Morgan fingerprint density at radius 3 is 2.81 bits per heavy atom. The summed E-state index contributed by atoms with van der Waals surface area (Å²) < 4.78 is 0. The Kier molecular flexibility index (Phi) is 5.36. The molecule has 2 unspecified atom stereocenters. The third kappa shape index (κ3) is 3.63. The maximum Gasteiger partial charge on any atom is 0.137 e. The number of hydrogen-bond donors (Lipinski definition) is 2. The van der Waals surface area contributed by atoms with Gasteiger partial charge in [-0.25, -0.2) is 9.97 Å². The van der Waals surface area contributed by atoms with E-state index >= 15 is 0 Å². The average molecular weight is 293 g/mol. The van der Waals surface area contributed by atoms with Crippen LogP contribution in [0.1, 0.15) is 25.3 Å². The molecule has 1 aromatic heterocycles. The highest BCUT2D eigenvalue weighted by Crippen LogP contribution is 2.31. The van der Waals surface area contributed by atoms with Gasteiger partial charge in [-0.05, 0) is 26.9 Å². The van der Waals surface area contributed by atoms with Crippen LogP contribution in [0.5, 0.6) is 0 Å². The normalized spacial score (nSPS) is 22.1. The zero-order valence-electron chi connectivity index (χ0n) is 13.5. The molecule has 0 spiro atoms. The highest BCUT2D eigenvalue weighted by atomic mass is 16.3. The van der Waals surface area contributed by atoms with Crippen molar-refractivity contribution in [1.29, 1.82) is 0 Å². The molecule has 0 radical (unpaired) electrons. The minimum atomic E-state index is -0.280. The number of nitrogens with zero attached hydrogens (tertiary/aromatic N) is 4. The largest absolute Gasteiger partial charge is 0.391 e. The van der Waals surface area contributed by atoms with Gasteiger partial charge in [0, 0.05) is 31.7 Å². The molecular formula is C15H27N5O. The zero-order valence-corrected chi connectivity index (χ0v) is 13.5. The van der Waals surface area contributed by atoms with E-state index in [9.17, 15) is 5.11 Å². The van der Waals surface area contributed by atoms with E-state index in [1.54, 1.807) is 6.33 Å². The summed E-state index contributed by atoms with van der Waals surface area (Å²) in [5.74, 6) is 1.87. The molecule has 1 fully saturated rings. The lowest BCUT2D eigenvalue weighted by molar-refractivity contribution is 0.191. The van der Waals surface area contributed by atoms with Crippen molar-refractivity contribution < 1.29 is 5.11 Å². The summed E-state index contributed by atoms with van der Waals surface area (Å²) in [6.07, 6.45) is 4.11. The minimum absolute atomic E-state index is 0.280. The fourth-order valence-electron chi connectivity index (χ4n) is 3.09. The fourth-order valence-corrected chi connectivity index (χ4v) is 3.09. The van der Waals surface area contributed by atoms with Crippen LogP contribution in [0.15, 0.2) is 6.33 Å². The number of aliphatic hydroxyl groups excluding tert-OH is 1. The Bertz CT molecular complexity index is 465. The molecule has 0 aliphatic carbocycles. The van der Waals surface area contributed by atoms with Crippen molar-refractivity contribution in [2.75, 3.05) is 44.4 Å². The number of β-amino-alcohol motifs (C(OH)–C–C–N with tert-alkyl or cyclic N) is 1. The molecule has 2 rings (SSSR count). The van der Waals surface area contributed by atoms with Crippen molar-refractivity contribution in [1.82, 2.24) is 14.9 Å². The summed E-state index contributed by atoms with van der Waals surface area (Å²) >= 11 is 0. The highest BCUT2D eigenvalue weighted by molar-refractivity contribution is 5.59. The molecule has 0 saturated carbocycles. The van der Waals surface area contributed by atoms with E-state index in [0.717, 1.165) is 43.0 Å². The molecule has 6 nitrogen and oxygen atoms in total. The van der Waals surface area contributed by atoms with Crippen molar-refractivity contribution in [2.45, 2.75) is 38.3 Å². The molecule has 2 heterocycles. The van der Waals surface area contributed by atoms with E-state index in [0.29, 0.717) is 12.6 Å². The van der Waals surface area contributed by atoms with E-state index in [-0.39, 0.29) is 6.10 Å². The molecule has 1 aliphatic rings. The van der Waals surface area contributed by atoms with Gasteiger partial charge in [0.1, 0.15) is 18.0 Å². The van der Waals surface area contributed by atoms with Gasteiger partial charge < -0.3 is 20.2 Å². The predicted octanol–water partition coefficient (Wildman–Crippen LogP) is 0.972. The van der Waals surface area contributed by atoms with Crippen molar-refractivity contribution in [3.05, 3.63) is 11.9 Å². The van der Waals surface area contributed by atoms with Crippen LogP contribution >= 0.6 is 0 Å². The molecule has 1 aromatic rings. The number of anilines is 2. The van der Waals surface area contributed by atoms with Crippen LogP contribution < -0.4 is 10.2 Å². The standard InChI is InChI=1S/C15H27N5O/c1-5-6-13-14(16-2)17-10-18-15(13)20-9-12(21)7-11(20)8-19(3)4/h10-12,21H,5-9H2,1-4H3,(H,16,17,18). The van der Waals surface area contributed by atoms with Gasteiger partial charge in [-0.2, -0.15) is 0 Å². The third-order valence-corrected chi connectivity index (χ3v) is 3.90. The zero-order chi connectivity index (χ0) is 15.4. The van der Waals surface area contributed by atoms with Gasteiger partial charge in [-0.1, -0.05) is 13.3 Å². The lowest BCUT2D eigenvalue weighted by Gasteiger charge is -2.29. The second-order valence-electron chi connectivity index (χ2n) is 5.98. The molecule has 0 amide bonds. The summed E-state index contributed by atoms with van der Waals surface area (Å²) in [5.41, 5.74) is 1.15. The topological polar surface area (TPSA) is 64.5 Å². The minimum Gasteiger partial charge on any atom is -0.391 e. The smallest absolute Gasteiger partial charge is 0.137 e. The van der Waals surface area contributed by atoms with Crippen LogP contribution in [-0.4, -0.2) is 66.4 Å². The van der Waals surface area contributed by atoms with Gasteiger partial charge >= 0.3 is 0 Å². The first-order valence-electron chi connectivity index (χ1n) is 7.67. The monoisotopic (exact) mass is 293 g/mol. The molecule has 6 heteroatoms. The third-order valence-electron chi connectivity index (χ3n) is 3.90. The molecule has 118 valence electrons. The number of aliphatic hydroxyl groups is 1. The Hall–Kier alpha value is -1.40. The van der Waals surface area contributed by atoms with Gasteiger partial charge in [0.15, 0.2) is 0 Å². The second kappa shape index (κ2) is 7.04. The lowest BCUT2D eigenvalue weighted by Crippen LogP contribution is -2.38. The summed E-state index contributed by atoms with van der Waals surface area (Å²) in [7, 11) is 6.02. The van der Waals surface area contributed by atoms with Crippen LogP contribution in [0.25, 0.3) is 0 Å². The van der Waals surface area contributed by atoms with Crippen molar-refractivity contribution in [3.63, 3.8) is 0 Å². The number of hydrogen-bond acceptors (Lipinski definition) is 6. The van der Waals surface area contributed by atoms with Gasteiger partial charge in [0.05, 0.1) is 6.10 Å². The van der Waals surface area contributed by atoms with E-state index < -0.39 is 0 Å². The highest BCUT2D eigenvalue weighted by Gasteiger charge is 2.33. The van der Waals surface area contributed by atoms with Gasteiger partial charge in [-0.3, -0.25) is 0 Å². The van der Waals surface area contributed by atoms with Gasteiger partial charge in [0.25, 0.3) is 0 Å². The summed E-state index contributed by atoms with van der Waals surface area (Å²) in [5, 5.41) is 13.2. The maximum absolute atomic E-state index is 10.1. The van der Waals surface area contributed by atoms with E-state index in [1.165, 1.54) is 0 Å². The quantitative estimate of drug-likeness (QED) is 0.815. The molecular weight excluding hydrogens is 266 g/mol. The molecule has 1 saturated heterocycles. The maximum atomic E-state index is 10.1. The Balaban J connectivity index is 2.34. The van der Waals surface area contributed by atoms with E-state index in [4.69, 9.17) is 0 Å². The molecule has 2 N–H and O–H groups in total. The number of nitrogens with one attached hydrogen (secondary N) is 1. The number of aromatic nitrogens is 2. The molecule has 21 heavy (non-hydrogen) atoms. The van der Waals surface area contributed by atoms with Gasteiger partial charge in [0.2, 0.25) is 0 Å². The number of likely N-dealkylation sites (N-methyl/N-ethyl adjacent to an activating group) is 1. The number of rotatable bonds is 6. The SMILES string of the molecule is CCCc1c(NC)ncnc1N1CC(O)CC1CN(C)C. The Morgan fingerprint density at radius 1 is 1.43 bits per heavy atom. The van der Waals surface area contributed by atoms with Crippen molar-refractivity contribution in [2.24, 2.45) is 0 Å². The molecule has 1 aliphatic heterocycles. The van der Waals surface area contributed by atoms with Crippen LogP contribution in [0.2, 0.25) is 0 Å². The molecule has 0 bridgehead atoms. The summed E-state index contributed by atoms with van der Waals surface area (Å²) in [4.78, 5) is 13.3. The predicted molar refractivity (Wildman–Crippen MR) is 85.9 cm³/mol. The van der Waals surface area contributed by atoms with Crippen molar-refractivity contribution >= 4 is 11.6 Å². The molecule has 2 atom stereocenters. The average Bonchev–Trinajstić information content (AvgIpc) is 2.79. The van der Waals surface area contributed by atoms with Crippen LogP contribution in [0, 0.1) is 0 Å². The Labute approximate surface area is 127 Å².